The third kappa shape index (κ3) is 2.28. The van der Waals surface area contributed by atoms with Gasteiger partial charge in [0.1, 0.15) is 0 Å². The van der Waals surface area contributed by atoms with Crippen molar-refractivity contribution in [3.63, 3.8) is 0 Å². The Morgan fingerprint density at radius 3 is 2.81 bits per heavy atom. The number of rotatable bonds is 3. The zero-order valence-electron chi connectivity index (χ0n) is 10.2. The molecular formula is C14H21NO. The van der Waals surface area contributed by atoms with Crippen LogP contribution in [0.2, 0.25) is 0 Å². The van der Waals surface area contributed by atoms with Crippen molar-refractivity contribution in [1.29, 1.82) is 0 Å². The molecule has 1 aromatic rings. The highest BCUT2D eigenvalue weighted by atomic mass is 16.5. The van der Waals surface area contributed by atoms with E-state index in [1.807, 2.05) is 0 Å². The lowest BCUT2D eigenvalue weighted by Gasteiger charge is -2.23. The minimum absolute atomic E-state index is 0.325. The van der Waals surface area contributed by atoms with Gasteiger partial charge in [0.15, 0.2) is 0 Å². The summed E-state index contributed by atoms with van der Waals surface area (Å²) in [5, 5.41) is 0. The maximum Gasteiger partial charge on any atom is 0.0656 e. The highest BCUT2D eigenvalue weighted by molar-refractivity contribution is 5.34. The summed E-state index contributed by atoms with van der Waals surface area (Å²) in [6.45, 7) is 5.86. The van der Waals surface area contributed by atoms with E-state index in [4.69, 9.17) is 10.5 Å². The van der Waals surface area contributed by atoms with Crippen LogP contribution in [0.3, 0.4) is 0 Å². The SMILES string of the molecule is Cc1ccc(C(CN)C2CCCO2)c(C)c1. The van der Waals surface area contributed by atoms with Crippen molar-refractivity contribution in [3.8, 4) is 0 Å². The standard InChI is InChI=1S/C14H21NO/c1-10-5-6-12(11(2)8-10)13(9-15)14-4-3-7-16-14/h5-6,8,13-14H,3-4,7,9,15H2,1-2H3. The first kappa shape index (κ1) is 11.6. The van der Waals surface area contributed by atoms with E-state index in [0.29, 0.717) is 18.6 Å². The molecule has 2 rings (SSSR count). The molecule has 16 heavy (non-hydrogen) atoms. The molecule has 0 saturated carbocycles. The van der Waals surface area contributed by atoms with Gasteiger partial charge in [-0.2, -0.15) is 0 Å². The van der Waals surface area contributed by atoms with E-state index in [9.17, 15) is 0 Å². The number of hydrogen-bond donors (Lipinski definition) is 1. The van der Waals surface area contributed by atoms with Gasteiger partial charge in [-0.3, -0.25) is 0 Å². The van der Waals surface area contributed by atoms with Gasteiger partial charge in [0.05, 0.1) is 6.10 Å². The Hall–Kier alpha value is -0.860. The maximum atomic E-state index is 5.91. The van der Waals surface area contributed by atoms with Gasteiger partial charge in [0.2, 0.25) is 0 Å². The van der Waals surface area contributed by atoms with Crippen LogP contribution >= 0.6 is 0 Å². The summed E-state index contributed by atoms with van der Waals surface area (Å²) in [6.07, 6.45) is 2.65. The molecule has 1 fully saturated rings. The molecule has 1 aliphatic rings. The fourth-order valence-corrected chi connectivity index (χ4v) is 2.64. The van der Waals surface area contributed by atoms with E-state index in [1.54, 1.807) is 0 Å². The van der Waals surface area contributed by atoms with Crippen LogP contribution in [0.15, 0.2) is 18.2 Å². The molecule has 2 unspecified atom stereocenters. The molecule has 88 valence electrons. The molecule has 0 spiro atoms. The summed E-state index contributed by atoms with van der Waals surface area (Å²) in [5.41, 5.74) is 9.92. The summed E-state index contributed by atoms with van der Waals surface area (Å²) in [4.78, 5) is 0. The zero-order valence-corrected chi connectivity index (χ0v) is 10.2. The summed E-state index contributed by atoms with van der Waals surface area (Å²) in [5.74, 6) is 0.364. The topological polar surface area (TPSA) is 35.2 Å². The molecule has 2 atom stereocenters. The van der Waals surface area contributed by atoms with Crippen LogP contribution in [-0.2, 0) is 4.74 Å². The zero-order chi connectivity index (χ0) is 11.5. The Morgan fingerprint density at radius 1 is 1.44 bits per heavy atom. The number of benzene rings is 1. The van der Waals surface area contributed by atoms with E-state index < -0.39 is 0 Å². The van der Waals surface area contributed by atoms with Gasteiger partial charge in [-0.05, 0) is 37.8 Å². The first-order valence-corrected chi connectivity index (χ1v) is 6.11. The largest absolute Gasteiger partial charge is 0.378 e. The number of ether oxygens (including phenoxy) is 1. The molecule has 2 N–H and O–H groups in total. The normalized spacial score (nSPS) is 22.3. The molecule has 0 radical (unpaired) electrons. The highest BCUT2D eigenvalue weighted by Crippen LogP contribution is 2.30. The molecule has 1 aliphatic heterocycles. The Morgan fingerprint density at radius 2 is 2.25 bits per heavy atom. The van der Waals surface area contributed by atoms with Gasteiger partial charge >= 0.3 is 0 Å². The van der Waals surface area contributed by atoms with Gasteiger partial charge in [-0.15, -0.1) is 0 Å². The quantitative estimate of drug-likeness (QED) is 0.848. The van der Waals surface area contributed by atoms with Gasteiger partial charge in [-0.25, -0.2) is 0 Å². The third-order valence-electron chi connectivity index (χ3n) is 3.49. The fourth-order valence-electron chi connectivity index (χ4n) is 2.64. The Balaban J connectivity index is 2.25. The van der Waals surface area contributed by atoms with Crippen LogP contribution in [0.25, 0.3) is 0 Å². The summed E-state index contributed by atoms with van der Waals surface area (Å²) in [6, 6.07) is 6.61. The van der Waals surface area contributed by atoms with Gasteiger partial charge in [0.25, 0.3) is 0 Å². The third-order valence-corrected chi connectivity index (χ3v) is 3.49. The average molecular weight is 219 g/mol. The lowest BCUT2D eigenvalue weighted by Crippen LogP contribution is -2.26. The van der Waals surface area contributed by atoms with Crippen molar-refractivity contribution in [2.45, 2.75) is 38.7 Å². The number of nitrogens with two attached hydrogens (primary N) is 1. The Kier molecular flexibility index (Phi) is 3.62. The molecule has 0 aliphatic carbocycles. The molecule has 0 bridgehead atoms. The van der Waals surface area contributed by atoms with Crippen LogP contribution in [0.4, 0.5) is 0 Å². The maximum absolute atomic E-state index is 5.91. The van der Waals surface area contributed by atoms with Gasteiger partial charge in [0, 0.05) is 19.1 Å². The molecular weight excluding hydrogens is 198 g/mol. The van der Waals surface area contributed by atoms with E-state index >= 15 is 0 Å². The monoisotopic (exact) mass is 219 g/mol. The van der Waals surface area contributed by atoms with Crippen LogP contribution in [0, 0.1) is 13.8 Å². The highest BCUT2D eigenvalue weighted by Gasteiger charge is 2.27. The van der Waals surface area contributed by atoms with Crippen LogP contribution < -0.4 is 5.73 Å². The second-order valence-corrected chi connectivity index (χ2v) is 4.75. The lowest BCUT2D eigenvalue weighted by atomic mass is 9.88. The minimum Gasteiger partial charge on any atom is -0.378 e. The predicted molar refractivity (Wildman–Crippen MR) is 66.7 cm³/mol. The molecule has 1 aromatic carbocycles. The van der Waals surface area contributed by atoms with Gasteiger partial charge < -0.3 is 10.5 Å². The van der Waals surface area contributed by atoms with Crippen LogP contribution in [0.5, 0.6) is 0 Å². The van der Waals surface area contributed by atoms with E-state index in [2.05, 4.69) is 32.0 Å². The van der Waals surface area contributed by atoms with Crippen LogP contribution in [0.1, 0.15) is 35.4 Å². The average Bonchev–Trinajstić information content (AvgIpc) is 2.75. The van der Waals surface area contributed by atoms with E-state index in [0.717, 1.165) is 13.0 Å². The van der Waals surface area contributed by atoms with Crippen LogP contribution in [-0.4, -0.2) is 19.3 Å². The number of hydrogen-bond acceptors (Lipinski definition) is 2. The fraction of sp³-hybridized carbons (Fsp3) is 0.571. The Bertz CT molecular complexity index is 356. The summed E-state index contributed by atoms with van der Waals surface area (Å²) < 4.78 is 5.77. The second kappa shape index (κ2) is 4.98. The number of aryl methyl sites for hydroxylation is 2. The first-order valence-electron chi connectivity index (χ1n) is 6.11. The second-order valence-electron chi connectivity index (χ2n) is 4.75. The van der Waals surface area contributed by atoms with Crippen molar-refractivity contribution in [2.75, 3.05) is 13.2 Å². The van der Waals surface area contributed by atoms with Crippen molar-refractivity contribution in [3.05, 3.63) is 34.9 Å². The minimum atomic E-state index is 0.325. The van der Waals surface area contributed by atoms with Crippen molar-refractivity contribution >= 4 is 0 Å². The molecule has 2 nitrogen and oxygen atoms in total. The van der Waals surface area contributed by atoms with Crippen molar-refractivity contribution in [1.82, 2.24) is 0 Å². The van der Waals surface area contributed by atoms with E-state index in [1.165, 1.54) is 23.1 Å². The molecule has 1 heterocycles. The smallest absolute Gasteiger partial charge is 0.0656 e. The van der Waals surface area contributed by atoms with Crippen molar-refractivity contribution < 1.29 is 4.74 Å². The molecule has 0 amide bonds. The summed E-state index contributed by atoms with van der Waals surface area (Å²) >= 11 is 0. The summed E-state index contributed by atoms with van der Waals surface area (Å²) in [7, 11) is 0. The van der Waals surface area contributed by atoms with Crippen molar-refractivity contribution in [2.24, 2.45) is 5.73 Å². The lowest BCUT2D eigenvalue weighted by molar-refractivity contribution is 0.0903. The predicted octanol–water partition coefficient (Wildman–Crippen LogP) is 2.52. The van der Waals surface area contributed by atoms with Gasteiger partial charge in [-0.1, -0.05) is 23.8 Å². The molecule has 1 saturated heterocycles. The Labute approximate surface area is 97.8 Å². The first-order chi connectivity index (χ1) is 7.72. The molecule has 2 heteroatoms. The molecule has 0 aromatic heterocycles. The van der Waals surface area contributed by atoms with E-state index in [-0.39, 0.29) is 0 Å².